The van der Waals surface area contributed by atoms with Crippen LogP contribution in [0.25, 0.3) is 0 Å². The van der Waals surface area contributed by atoms with Crippen LogP contribution in [0.1, 0.15) is 39.0 Å². The van der Waals surface area contributed by atoms with Crippen molar-refractivity contribution in [1.82, 2.24) is 5.32 Å². The highest BCUT2D eigenvalue weighted by molar-refractivity contribution is 5.91. The Morgan fingerprint density at radius 1 is 0.781 bits per heavy atom. The summed E-state index contributed by atoms with van der Waals surface area (Å²) in [5.41, 5.74) is 3.53. The normalized spacial score (nSPS) is 12.8. The number of rotatable bonds is 9. The fraction of sp³-hybridized carbons (Fsp3) is 0.179. The van der Waals surface area contributed by atoms with Gasteiger partial charge in [-0.15, -0.1) is 0 Å². The van der Waals surface area contributed by atoms with Gasteiger partial charge in [-0.25, -0.2) is 0 Å². The maximum Gasteiger partial charge on any atom is 0.287 e. The minimum atomic E-state index is -0.193. The molecule has 1 unspecified atom stereocenters. The zero-order valence-corrected chi connectivity index (χ0v) is 18.3. The van der Waals surface area contributed by atoms with Gasteiger partial charge in [-0.2, -0.15) is 0 Å². The first kappa shape index (κ1) is 21.6. The molecule has 4 heteroatoms. The van der Waals surface area contributed by atoms with E-state index in [0.717, 1.165) is 17.9 Å². The van der Waals surface area contributed by atoms with E-state index >= 15 is 0 Å². The molecule has 4 rings (SSSR count). The Kier molecular flexibility index (Phi) is 7.15. The minimum Gasteiger partial charge on any atom is -0.450 e. The molecule has 2 N–H and O–H groups in total. The van der Waals surface area contributed by atoms with Crippen LogP contribution in [0.3, 0.4) is 0 Å². The summed E-state index contributed by atoms with van der Waals surface area (Å²) in [6.45, 7) is 1.62. The largest absolute Gasteiger partial charge is 0.450 e. The van der Waals surface area contributed by atoms with Gasteiger partial charge < -0.3 is 14.6 Å². The van der Waals surface area contributed by atoms with Crippen LogP contribution in [-0.4, -0.2) is 13.0 Å². The predicted molar refractivity (Wildman–Crippen MR) is 126 cm³/mol. The number of nitrogens with one attached hydrogen (secondary N) is 2. The maximum atomic E-state index is 13.0. The van der Waals surface area contributed by atoms with E-state index in [1.165, 1.54) is 16.0 Å². The van der Waals surface area contributed by atoms with Gasteiger partial charge in [0, 0.05) is 5.56 Å². The van der Waals surface area contributed by atoms with Crippen molar-refractivity contribution in [3.63, 3.8) is 0 Å². The molecule has 0 aliphatic rings. The Hall–Kier alpha value is -3.63. The second-order valence-corrected chi connectivity index (χ2v) is 8.19. The molecule has 0 saturated heterocycles. The van der Waals surface area contributed by atoms with Crippen molar-refractivity contribution in [2.75, 3.05) is 7.05 Å². The first-order chi connectivity index (χ1) is 15.7. The second-order valence-electron chi connectivity index (χ2n) is 8.19. The molecule has 4 nitrogen and oxygen atoms in total. The minimum absolute atomic E-state index is 0.133. The summed E-state index contributed by atoms with van der Waals surface area (Å²) < 4.78 is 5.91. The lowest BCUT2D eigenvalue weighted by Gasteiger charge is -2.19. The standard InChI is InChI=1S/C28H28N2O2/c1-30(20-23-13-7-3-8-14-23)21-25-17-18-27(32-25)28(31)29-26(24-15-9-4-10-16-24)19-22-11-5-2-6-12-22/h2-18,26H,19-21H2,1H3,(H,29,31)/p+1/t26-/m0/s1. The number of amides is 1. The van der Waals surface area contributed by atoms with Crippen molar-refractivity contribution >= 4 is 5.91 Å². The molecule has 0 aliphatic carbocycles. The molecule has 0 radical (unpaired) electrons. The van der Waals surface area contributed by atoms with E-state index in [1.807, 2.05) is 60.7 Å². The van der Waals surface area contributed by atoms with Gasteiger partial charge in [0.15, 0.2) is 11.5 Å². The van der Waals surface area contributed by atoms with E-state index < -0.39 is 0 Å². The zero-order chi connectivity index (χ0) is 22.2. The molecule has 0 spiro atoms. The van der Waals surface area contributed by atoms with Gasteiger partial charge in [0.2, 0.25) is 0 Å². The number of furan rings is 1. The Morgan fingerprint density at radius 2 is 1.38 bits per heavy atom. The highest BCUT2D eigenvalue weighted by Gasteiger charge is 2.19. The summed E-state index contributed by atoms with van der Waals surface area (Å²) in [4.78, 5) is 14.3. The number of quaternary nitrogens is 1. The van der Waals surface area contributed by atoms with Crippen molar-refractivity contribution in [1.29, 1.82) is 0 Å². The Bertz CT molecular complexity index is 1110. The number of carbonyl (C=O) groups excluding carboxylic acids is 1. The van der Waals surface area contributed by atoms with E-state index in [9.17, 15) is 4.79 Å². The van der Waals surface area contributed by atoms with Crippen LogP contribution in [0.15, 0.2) is 108 Å². The third-order valence-electron chi connectivity index (χ3n) is 5.50. The van der Waals surface area contributed by atoms with E-state index in [-0.39, 0.29) is 11.9 Å². The van der Waals surface area contributed by atoms with Crippen molar-refractivity contribution < 1.29 is 14.1 Å². The lowest BCUT2D eigenvalue weighted by atomic mass is 9.99. The number of hydrogen-bond acceptors (Lipinski definition) is 2. The summed E-state index contributed by atoms with van der Waals surface area (Å²) in [6, 6.07) is 34.2. The van der Waals surface area contributed by atoms with Gasteiger partial charge in [0.05, 0.1) is 13.1 Å². The fourth-order valence-electron chi connectivity index (χ4n) is 3.92. The Balaban J connectivity index is 1.41. The summed E-state index contributed by atoms with van der Waals surface area (Å²) in [5, 5.41) is 3.17. The molecule has 0 fully saturated rings. The smallest absolute Gasteiger partial charge is 0.287 e. The van der Waals surface area contributed by atoms with Crippen LogP contribution in [-0.2, 0) is 19.5 Å². The van der Waals surface area contributed by atoms with Crippen LogP contribution in [0.2, 0.25) is 0 Å². The maximum absolute atomic E-state index is 13.0. The van der Waals surface area contributed by atoms with Gasteiger partial charge >= 0.3 is 0 Å². The van der Waals surface area contributed by atoms with E-state index in [1.54, 1.807) is 6.07 Å². The third-order valence-corrected chi connectivity index (χ3v) is 5.50. The topological polar surface area (TPSA) is 46.7 Å². The molecule has 1 amide bonds. The Morgan fingerprint density at radius 3 is 2.03 bits per heavy atom. The monoisotopic (exact) mass is 425 g/mol. The van der Waals surface area contributed by atoms with Gasteiger partial charge in [-0.3, -0.25) is 4.79 Å². The molecular formula is C28H29N2O2+. The molecule has 4 aromatic rings. The van der Waals surface area contributed by atoms with Crippen molar-refractivity contribution in [3.8, 4) is 0 Å². The molecule has 2 atom stereocenters. The van der Waals surface area contributed by atoms with Crippen LogP contribution < -0.4 is 10.2 Å². The van der Waals surface area contributed by atoms with Crippen molar-refractivity contribution in [3.05, 3.63) is 131 Å². The number of benzene rings is 3. The molecular weight excluding hydrogens is 396 g/mol. The molecule has 162 valence electrons. The van der Waals surface area contributed by atoms with Gasteiger partial charge in [0.25, 0.3) is 5.91 Å². The second kappa shape index (κ2) is 10.6. The molecule has 3 aromatic carbocycles. The van der Waals surface area contributed by atoms with E-state index in [4.69, 9.17) is 4.42 Å². The average Bonchev–Trinajstić information content (AvgIpc) is 3.29. The number of hydrogen-bond donors (Lipinski definition) is 2. The lowest BCUT2D eigenvalue weighted by Crippen LogP contribution is -3.06. The Labute approximate surface area is 189 Å². The SMILES string of the molecule is C[NH+](Cc1ccccc1)Cc1ccc(C(=O)N[C@@H](Cc2ccccc2)c2ccccc2)o1. The highest BCUT2D eigenvalue weighted by atomic mass is 16.4. The molecule has 1 heterocycles. The third kappa shape index (κ3) is 5.96. The summed E-state index contributed by atoms with van der Waals surface area (Å²) in [5.74, 6) is 0.964. The predicted octanol–water partition coefficient (Wildman–Crippen LogP) is 4.21. The lowest BCUT2D eigenvalue weighted by molar-refractivity contribution is -0.908. The summed E-state index contributed by atoms with van der Waals surface area (Å²) in [6.07, 6.45) is 0.716. The number of carbonyl (C=O) groups is 1. The first-order valence-electron chi connectivity index (χ1n) is 11.0. The van der Waals surface area contributed by atoms with Crippen LogP contribution in [0, 0.1) is 0 Å². The van der Waals surface area contributed by atoms with Crippen LogP contribution >= 0.6 is 0 Å². The van der Waals surface area contributed by atoms with Gasteiger partial charge in [-0.05, 0) is 29.7 Å². The molecule has 0 saturated carbocycles. The van der Waals surface area contributed by atoms with Gasteiger partial charge in [0.1, 0.15) is 13.1 Å². The molecule has 32 heavy (non-hydrogen) atoms. The highest BCUT2D eigenvalue weighted by Crippen LogP contribution is 2.19. The molecule has 0 aliphatic heterocycles. The first-order valence-corrected chi connectivity index (χ1v) is 11.0. The van der Waals surface area contributed by atoms with Crippen molar-refractivity contribution in [2.24, 2.45) is 0 Å². The zero-order valence-electron chi connectivity index (χ0n) is 18.3. The van der Waals surface area contributed by atoms with E-state index in [0.29, 0.717) is 18.7 Å². The quantitative estimate of drug-likeness (QED) is 0.422. The summed E-state index contributed by atoms with van der Waals surface area (Å²) >= 11 is 0. The molecule has 0 bridgehead atoms. The van der Waals surface area contributed by atoms with Crippen molar-refractivity contribution in [2.45, 2.75) is 25.6 Å². The average molecular weight is 426 g/mol. The fourth-order valence-corrected chi connectivity index (χ4v) is 3.92. The molecule has 1 aromatic heterocycles. The van der Waals surface area contributed by atoms with E-state index in [2.05, 4.69) is 48.8 Å². The van der Waals surface area contributed by atoms with Gasteiger partial charge in [-0.1, -0.05) is 91.0 Å². The van der Waals surface area contributed by atoms with Crippen LogP contribution in [0.4, 0.5) is 0 Å². The van der Waals surface area contributed by atoms with Crippen LogP contribution in [0.5, 0.6) is 0 Å². The summed E-state index contributed by atoms with van der Waals surface area (Å²) in [7, 11) is 2.13.